The normalized spacial score (nSPS) is 22.3. The fourth-order valence-corrected chi connectivity index (χ4v) is 4.42. The third-order valence-corrected chi connectivity index (χ3v) is 5.34. The number of hydrogen-bond acceptors (Lipinski definition) is 3. The number of nitrogens with zero attached hydrogens (tertiary/aromatic N) is 1. The van der Waals surface area contributed by atoms with Gasteiger partial charge in [-0.3, -0.25) is 4.79 Å². The number of amides is 1. The average Bonchev–Trinajstić information content (AvgIpc) is 2.98. The van der Waals surface area contributed by atoms with E-state index in [1.54, 1.807) is 12.1 Å². The van der Waals surface area contributed by atoms with Crippen LogP contribution in [0.2, 0.25) is 0 Å². The first-order chi connectivity index (χ1) is 7.53. The summed E-state index contributed by atoms with van der Waals surface area (Å²) in [4.78, 5) is 12.2. The maximum Gasteiger partial charge on any atom is 0.270 e. The molecule has 1 heterocycles. The molecule has 0 spiro atoms. The Bertz CT molecular complexity index is 592. The lowest BCUT2D eigenvalue weighted by atomic mass is 10.2. The third kappa shape index (κ3) is 1.20. The summed E-state index contributed by atoms with van der Waals surface area (Å²) in [5, 5.41) is 0. The molecule has 0 aromatic heterocycles. The second-order valence-corrected chi connectivity index (χ2v) is 6.59. The number of hydrogen-bond donors (Lipinski definition) is 0. The first-order valence-corrected chi connectivity index (χ1v) is 7.14. The summed E-state index contributed by atoms with van der Waals surface area (Å²) >= 11 is 3.22. The molecule has 1 aromatic rings. The molecular formula is C10H8BrNO3S. The van der Waals surface area contributed by atoms with E-state index >= 15 is 0 Å². The van der Waals surface area contributed by atoms with Crippen molar-refractivity contribution in [1.29, 1.82) is 0 Å². The number of carbonyl (C=O) groups excluding carboxylic acids is 1. The standard InChI is InChI=1S/C10H8BrNO3S/c11-7-2-1-3-8-9(7)10(13)12(6-4-5-6)16(8,14)15/h1-3,6H,4-5H2. The van der Waals surface area contributed by atoms with Crippen molar-refractivity contribution in [2.24, 2.45) is 0 Å². The number of halogens is 1. The highest BCUT2D eigenvalue weighted by molar-refractivity contribution is 9.10. The van der Waals surface area contributed by atoms with Crippen LogP contribution in [-0.4, -0.2) is 24.7 Å². The molecule has 0 unspecified atom stereocenters. The summed E-state index contributed by atoms with van der Waals surface area (Å²) in [5.74, 6) is -0.398. The van der Waals surface area contributed by atoms with Crippen molar-refractivity contribution >= 4 is 31.9 Å². The molecule has 1 amide bonds. The second kappa shape index (κ2) is 3.07. The molecule has 84 valence electrons. The van der Waals surface area contributed by atoms with Crippen LogP contribution in [0.4, 0.5) is 0 Å². The van der Waals surface area contributed by atoms with Gasteiger partial charge in [0.2, 0.25) is 0 Å². The molecule has 1 saturated carbocycles. The van der Waals surface area contributed by atoms with Gasteiger partial charge >= 0.3 is 0 Å². The van der Waals surface area contributed by atoms with Gasteiger partial charge in [-0.15, -0.1) is 0 Å². The van der Waals surface area contributed by atoms with Gasteiger partial charge in [0.25, 0.3) is 15.9 Å². The molecule has 1 fully saturated rings. The zero-order valence-corrected chi connectivity index (χ0v) is 10.6. The van der Waals surface area contributed by atoms with Gasteiger partial charge in [-0.1, -0.05) is 6.07 Å². The lowest BCUT2D eigenvalue weighted by molar-refractivity contribution is 0.0864. The first-order valence-electron chi connectivity index (χ1n) is 4.91. The van der Waals surface area contributed by atoms with Crippen molar-refractivity contribution in [3.8, 4) is 0 Å². The maximum absolute atomic E-state index is 12.1. The number of rotatable bonds is 1. The minimum Gasteiger partial charge on any atom is -0.268 e. The van der Waals surface area contributed by atoms with Gasteiger partial charge < -0.3 is 0 Å². The minimum atomic E-state index is -3.60. The lowest BCUT2D eigenvalue weighted by Crippen LogP contribution is -2.32. The summed E-state index contributed by atoms with van der Waals surface area (Å²) in [5.41, 5.74) is 0.273. The molecule has 1 aromatic carbocycles. The Labute approximate surface area is 101 Å². The monoisotopic (exact) mass is 301 g/mol. The van der Waals surface area contributed by atoms with Crippen molar-refractivity contribution in [3.63, 3.8) is 0 Å². The first kappa shape index (κ1) is 10.3. The SMILES string of the molecule is O=C1c2c(Br)cccc2S(=O)(=O)N1C1CC1. The highest BCUT2D eigenvalue weighted by Crippen LogP contribution is 2.41. The molecule has 0 radical (unpaired) electrons. The Hall–Kier alpha value is -0.880. The van der Waals surface area contributed by atoms with Gasteiger partial charge in [0.1, 0.15) is 4.90 Å². The van der Waals surface area contributed by atoms with Crippen LogP contribution in [0.15, 0.2) is 27.6 Å². The molecule has 0 N–H and O–H groups in total. The van der Waals surface area contributed by atoms with Crippen molar-refractivity contribution in [1.82, 2.24) is 4.31 Å². The number of benzene rings is 1. The molecule has 0 atom stereocenters. The van der Waals surface area contributed by atoms with Crippen molar-refractivity contribution in [2.45, 2.75) is 23.8 Å². The van der Waals surface area contributed by atoms with Crippen LogP contribution in [0, 0.1) is 0 Å². The van der Waals surface area contributed by atoms with Crippen LogP contribution >= 0.6 is 15.9 Å². The Morgan fingerprint density at radius 2 is 2.00 bits per heavy atom. The smallest absolute Gasteiger partial charge is 0.268 e. The van der Waals surface area contributed by atoms with Crippen LogP contribution in [0.5, 0.6) is 0 Å². The van der Waals surface area contributed by atoms with E-state index < -0.39 is 15.9 Å². The molecule has 4 nitrogen and oxygen atoms in total. The fourth-order valence-electron chi connectivity index (χ4n) is 1.92. The number of carbonyl (C=O) groups is 1. The van der Waals surface area contributed by atoms with E-state index in [-0.39, 0.29) is 16.5 Å². The molecule has 1 aliphatic carbocycles. The Morgan fingerprint density at radius 3 is 2.56 bits per heavy atom. The zero-order chi connectivity index (χ0) is 11.5. The Morgan fingerprint density at radius 1 is 1.31 bits per heavy atom. The highest BCUT2D eigenvalue weighted by atomic mass is 79.9. The second-order valence-electron chi connectivity index (χ2n) is 3.95. The van der Waals surface area contributed by atoms with Crippen molar-refractivity contribution < 1.29 is 13.2 Å². The molecule has 3 rings (SSSR count). The lowest BCUT2D eigenvalue weighted by Gasteiger charge is -2.12. The summed E-state index contributed by atoms with van der Waals surface area (Å²) < 4.78 is 25.8. The molecule has 6 heteroatoms. The van der Waals surface area contributed by atoms with E-state index in [2.05, 4.69) is 15.9 Å². The summed E-state index contributed by atoms with van der Waals surface area (Å²) in [6.45, 7) is 0. The molecule has 2 aliphatic rings. The van der Waals surface area contributed by atoms with Gasteiger partial charge in [-0.2, -0.15) is 0 Å². The van der Waals surface area contributed by atoms with E-state index in [9.17, 15) is 13.2 Å². The summed E-state index contributed by atoms with van der Waals surface area (Å²) in [7, 11) is -3.60. The highest BCUT2D eigenvalue weighted by Gasteiger charge is 2.49. The van der Waals surface area contributed by atoms with E-state index in [1.165, 1.54) is 6.07 Å². The van der Waals surface area contributed by atoms with Gasteiger partial charge in [-0.25, -0.2) is 12.7 Å². The molecular weight excluding hydrogens is 294 g/mol. The van der Waals surface area contributed by atoms with Crippen molar-refractivity contribution in [2.75, 3.05) is 0 Å². The topological polar surface area (TPSA) is 54.5 Å². The fraction of sp³-hybridized carbons (Fsp3) is 0.300. The van der Waals surface area contributed by atoms with E-state index in [0.717, 1.165) is 17.1 Å². The third-order valence-electron chi connectivity index (χ3n) is 2.80. The van der Waals surface area contributed by atoms with Crippen LogP contribution in [0.3, 0.4) is 0 Å². The molecule has 0 bridgehead atoms. The molecule has 16 heavy (non-hydrogen) atoms. The summed E-state index contributed by atoms with van der Waals surface area (Å²) in [6.07, 6.45) is 1.55. The predicted octanol–water partition coefficient (Wildman–Crippen LogP) is 1.76. The van der Waals surface area contributed by atoms with E-state index in [0.29, 0.717) is 4.47 Å². The minimum absolute atomic E-state index is 0.124. The van der Waals surface area contributed by atoms with Crippen LogP contribution in [-0.2, 0) is 10.0 Å². The van der Waals surface area contributed by atoms with Crippen LogP contribution in [0.25, 0.3) is 0 Å². The number of sulfonamides is 1. The maximum atomic E-state index is 12.1. The quantitative estimate of drug-likeness (QED) is 0.794. The summed E-state index contributed by atoms with van der Waals surface area (Å²) in [6, 6.07) is 4.67. The van der Waals surface area contributed by atoms with E-state index in [4.69, 9.17) is 0 Å². The van der Waals surface area contributed by atoms with E-state index in [1.807, 2.05) is 0 Å². The van der Waals surface area contributed by atoms with Crippen LogP contribution < -0.4 is 0 Å². The Kier molecular flexibility index (Phi) is 1.98. The molecule has 1 aliphatic heterocycles. The predicted molar refractivity (Wildman–Crippen MR) is 60.5 cm³/mol. The Balaban J connectivity index is 2.29. The van der Waals surface area contributed by atoms with Crippen molar-refractivity contribution in [3.05, 3.63) is 28.2 Å². The van der Waals surface area contributed by atoms with Gasteiger partial charge in [-0.05, 0) is 40.9 Å². The van der Waals surface area contributed by atoms with Gasteiger partial charge in [0, 0.05) is 10.5 Å². The molecule has 0 saturated heterocycles. The van der Waals surface area contributed by atoms with Crippen LogP contribution in [0.1, 0.15) is 23.2 Å². The largest absolute Gasteiger partial charge is 0.270 e. The van der Waals surface area contributed by atoms with Gasteiger partial charge in [0.15, 0.2) is 0 Å². The number of fused-ring (bicyclic) bond motifs is 1. The van der Waals surface area contributed by atoms with Gasteiger partial charge in [0.05, 0.1) is 5.56 Å². The average molecular weight is 302 g/mol. The zero-order valence-electron chi connectivity index (χ0n) is 8.18.